The van der Waals surface area contributed by atoms with Crippen molar-refractivity contribution in [3.8, 4) is 0 Å². The zero-order valence-corrected chi connectivity index (χ0v) is 22.0. The highest BCUT2D eigenvalue weighted by molar-refractivity contribution is 6.01. The molecule has 0 saturated carbocycles. The molecule has 3 fully saturated rings. The van der Waals surface area contributed by atoms with Crippen LogP contribution in [0.25, 0.3) is 0 Å². The van der Waals surface area contributed by atoms with Gasteiger partial charge in [-0.05, 0) is 63.6 Å². The Morgan fingerprint density at radius 3 is 2.08 bits per heavy atom. The summed E-state index contributed by atoms with van der Waals surface area (Å²) < 4.78 is 11.2. The van der Waals surface area contributed by atoms with Crippen molar-refractivity contribution in [1.29, 1.82) is 0 Å². The Bertz CT molecular complexity index is 989. The van der Waals surface area contributed by atoms with Crippen LogP contribution in [0.4, 0.5) is 15.3 Å². The number of amides is 4. The third-order valence-corrected chi connectivity index (χ3v) is 7.08. The summed E-state index contributed by atoms with van der Waals surface area (Å²) in [5.41, 5.74) is 1.52. The molecule has 2 N–H and O–H groups in total. The van der Waals surface area contributed by atoms with Gasteiger partial charge in [0.15, 0.2) is 0 Å². The summed E-state index contributed by atoms with van der Waals surface area (Å²) in [6, 6.07) is 7.64. The van der Waals surface area contributed by atoms with Crippen LogP contribution in [0, 0.1) is 0 Å². The Kier molecular flexibility index (Phi) is 8.24. The lowest BCUT2D eigenvalue weighted by Gasteiger charge is -2.35. The van der Waals surface area contributed by atoms with Crippen molar-refractivity contribution in [2.45, 2.75) is 83.0 Å². The average Bonchev–Trinajstić information content (AvgIpc) is 2.86. The van der Waals surface area contributed by atoms with E-state index in [-0.39, 0.29) is 30.1 Å². The molecular weight excluding hydrogens is 476 g/mol. The fourth-order valence-corrected chi connectivity index (χ4v) is 4.98. The van der Waals surface area contributed by atoms with Crippen molar-refractivity contribution in [3.05, 3.63) is 29.8 Å². The molecule has 0 spiro atoms. The van der Waals surface area contributed by atoms with Gasteiger partial charge in [-0.1, -0.05) is 12.1 Å². The molecule has 3 aliphatic rings. The number of anilines is 1. The Morgan fingerprint density at radius 1 is 0.892 bits per heavy atom. The number of likely N-dealkylation sites (tertiary alicyclic amines) is 2. The summed E-state index contributed by atoms with van der Waals surface area (Å²) in [6.45, 7) is 7.84. The van der Waals surface area contributed by atoms with Gasteiger partial charge in [-0.2, -0.15) is 0 Å². The van der Waals surface area contributed by atoms with Crippen LogP contribution < -0.4 is 10.6 Å². The summed E-state index contributed by atoms with van der Waals surface area (Å²) in [6.07, 6.45) is 2.97. The molecule has 1 aromatic carbocycles. The van der Waals surface area contributed by atoms with Crippen LogP contribution >= 0.6 is 0 Å². The number of piperidine rings is 3. The minimum atomic E-state index is -0.527. The van der Waals surface area contributed by atoms with Gasteiger partial charge in [-0.3, -0.25) is 14.9 Å². The number of imide groups is 1. The van der Waals surface area contributed by atoms with Gasteiger partial charge < -0.3 is 24.6 Å². The lowest BCUT2D eigenvalue weighted by atomic mass is 9.89. The van der Waals surface area contributed by atoms with E-state index in [0.717, 1.165) is 18.5 Å². The molecule has 4 amide bonds. The van der Waals surface area contributed by atoms with Crippen LogP contribution in [0.5, 0.6) is 0 Å². The van der Waals surface area contributed by atoms with E-state index >= 15 is 0 Å². The maximum absolute atomic E-state index is 12.7. The third kappa shape index (κ3) is 7.36. The van der Waals surface area contributed by atoms with Gasteiger partial charge in [0, 0.05) is 51.1 Å². The summed E-state index contributed by atoms with van der Waals surface area (Å²) in [5, 5.41) is 5.56. The number of hydrogen-bond acceptors (Lipinski definition) is 7. The van der Waals surface area contributed by atoms with Crippen LogP contribution in [-0.2, 0) is 19.1 Å². The first-order valence-electron chi connectivity index (χ1n) is 13.2. The van der Waals surface area contributed by atoms with Crippen LogP contribution in [0.1, 0.15) is 70.8 Å². The standard InChI is InChI=1S/C27H38N4O6/c1-27(2,3)37-26(35)31-16-12-21(13-17-31)36-25(34)30-14-10-19(11-15-30)18-4-6-20(7-5-18)28-22-8-9-23(32)29-24(22)33/h4-7,19,21-22,28H,8-17H2,1-3H3,(H,29,32,33). The molecule has 10 heteroatoms. The van der Waals surface area contributed by atoms with Crippen molar-refractivity contribution in [3.63, 3.8) is 0 Å². The SMILES string of the molecule is CC(C)(C)OC(=O)N1CCC(OC(=O)N2CCC(c3ccc(NC4CCC(=O)NC4=O)cc3)CC2)CC1. The molecule has 1 unspecified atom stereocenters. The number of nitrogens with one attached hydrogen (secondary N) is 2. The van der Waals surface area contributed by atoms with Gasteiger partial charge in [0.25, 0.3) is 0 Å². The Hall–Kier alpha value is -3.30. The van der Waals surface area contributed by atoms with Gasteiger partial charge in [0.05, 0.1) is 0 Å². The molecule has 0 bridgehead atoms. The van der Waals surface area contributed by atoms with Crippen molar-refractivity contribution < 1.29 is 28.7 Å². The van der Waals surface area contributed by atoms with E-state index in [0.29, 0.717) is 57.8 Å². The first kappa shape index (κ1) is 26.8. The zero-order valence-electron chi connectivity index (χ0n) is 22.0. The number of nitrogens with zero attached hydrogens (tertiary/aromatic N) is 2. The van der Waals surface area contributed by atoms with Gasteiger partial charge >= 0.3 is 12.2 Å². The molecule has 1 atom stereocenters. The fraction of sp³-hybridized carbons (Fsp3) is 0.630. The van der Waals surface area contributed by atoms with Gasteiger partial charge in [-0.15, -0.1) is 0 Å². The topological polar surface area (TPSA) is 117 Å². The van der Waals surface area contributed by atoms with Crippen LogP contribution in [0.3, 0.4) is 0 Å². The first-order chi connectivity index (χ1) is 17.6. The molecule has 202 valence electrons. The highest BCUT2D eigenvalue weighted by Crippen LogP contribution is 2.30. The second kappa shape index (κ2) is 11.4. The first-order valence-corrected chi connectivity index (χ1v) is 13.2. The Balaban J connectivity index is 1.18. The molecule has 1 aromatic rings. The van der Waals surface area contributed by atoms with E-state index in [2.05, 4.69) is 22.8 Å². The van der Waals surface area contributed by atoms with Crippen molar-refractivity contribution in [1.82, 2.24) is 15.1 Å². The minimum Gasteiger partial charge on any atom is -0.446 e. The van der Waals surface area contributed by atoms with E-state index in [9.17, 15) is 19.2 Å². The lowest BCUT2D eigenvalue weighted by molar-refractivity contribution is -0.133. The number of ether oxygens (including phenoxy) is 2. The number of carbonyl (C=O) groups excluding carboxylic acids is 4. The van der Waals surface area contributed by atoms with E-state index < -0.39 is 11.6 Å². The maximum Gasteiger partial charge on any atom is 0.410 e. The molecule has 3 aliphatic heterocycles. The van der Waals surface area contributed by atoms with Crippen LogP contribution in [0.15, 0.2) is 24.3 Å². The molecule has 0 aromatic heterocycles. The molecule has 37 heavy (non-hydrogen) atoms. The molecule has 3 saturated heterocycles. The second-order valence-electron chi connectivity index (χ2n) is 11.1. The van der Waals surface area contributed by atoms with E-state index in [4.69, 9.17) is 9.47 Å². The average molecular weight is 515 g/mol. The molecule has 0 radical (unpaired) electrons. The van der Waals surface area contributed by atoms with Gasteiger partial charge in [0.1, 0.15) is 17.7 Å². The predicted octanol–water partition coefficient (Wildman–Crippen LogP) is 3.62. The molecular formula is C27H38N4O6. The number of benzene rings is 1. The normalized spacial score (nSPS) is 21.9. The van der Waals surface area contributed by atoms with Crippen molar-refractivity contribution >= 4 is 29.7 Å². The predicted molar refractivity (Wildman–Crippen MR) is 137 cm³/mol. The lowest BCUT2D eigenvalue weighted by Crippen LogP contribution is -2.47. The molecule has 3 heterocycles. The maximum atomic E-state index is 12.7. The Labute approximate surface area is 218 Å². The zero-order chi connectivity index (χ0) is 26.6. The van der Waals surface area contributed by atoms with Crippen LogP contribution in [0.2, 0.25) is 0 Å². The number of hydrogen-bond donors (Lipinski definition) is 2. The fourth-order valence-electron chi connectivity index (χ4n) is 4.98. The van der Waals surface area contributed by atoms with E-state index in [1.807, 2.05) is 32.9 Å². The highest BCUT2D eigenvalue weighted by atomic mass is 16.6. The second-order valence-corrected chi connectivity index (χ2v) is 11.1. The smallest absolute Gasteiger partial charge is 0.410 e. The van der Waals surface area contributed by atoms with Gasteiger partial charge in [-0.25, -0.2) is 9.59 Å². The molecule has 0 aliphatic carbocycles. The molecule has 10 nitrogen and oxygen atoms in total. The van der Waals surface area contributed by atoms with Gasteiger partial charge in [0.2, 0.25) is 11.8 Å². The quantitative estimate of drug-likeness (QED) is 0.590. The summed E-state index contributed by atoms with van der Waals surface area (Å²) in [4.78, 5) is 51.7. The highest BCUT2D eigenvalue weighted by Gasteiger charge is 2.31. The van der Waals surface area contributed by atoms with Crippen LogP contribution in [-0.4, -0.2) is 77.7 Å². The molecule has 4 rings (SSSR count). The third-order valence-electron chi connectivity index (χ3n) is 7.08. The van der Waals surface area contributed by atoms with Crippen molar-refractivity contribution in [2.75, 3.05) is 31.5 Å². The summed E-state index contributed by atoms with van der Waals surface area (Å²) in [5.74, 6) is -0.156. The minimum absolute atomic E-state index is 0.187. The summed E-state index contributed by atoms with van der Waals surface area (Å²) >= 11 is 0. The van der Waals surface area contributed by atoms with E-state index in [1.165, 1.54) is 5.56 Å². The van der Waals surface area contributed by atoms with Crippen molar-refractivity contribution in [2.24, 2.45) is 0 Å². The largest absolute Gasteiger partial charge is 0.446 e. The van der Waals surface area contributed by atoms with E-state index in [1.54, 1.807) is 9.80 Å². The monoisotopic (exact) mass is 514 g/mol. The number of rotatable bonds is 4. The number of carbonyl (C=O) groups is 4. The Morgan fingerprint density at radius 2 is 1.49 bits per heavy atom. The summed E-state index contributed by atoms with van der Waals surface area (Å²) in [7, 11) is 0.